The zero-order valence-electron chi connectivity index (χ0n) is 12.0. The van der Waals surface area contributed by atoms with Crippen LogP contribution in [0.4, 0.5) is 0 Å². The van der Waals surface area contributed by atoms with Crippen molar-refractivity contribution in [3.63, 3.8) is 0 Å². The first-order valence-electron chi connectivity index (χ1n) is 8.03. The van der Waals surface area contributed by atoms with Gasteiger partial charge in [-0.05, 0) is 44.4 Å². The van der Waals surface area contributed by atoms with E-state index in [1.165, 1.54) is 62.1 Å². The molecule has 1 heterocycles. The molecule has 1 N–H and O–H groups in total. The van der Waals surface area contributed by atoms with Crippen LogP contribution < -0.4 is 5.32 Å². The van der Waals surface area contributed by atoms with Gasteiger partial charge in [0.15, 0.2) is 0 Å². The molecule has 3 heteroatoms. The number of nitrogens with one attached hydrogen (secondary N) is 1. The van der Waals surface area contributed by atoms with E-state index in [4.69, 9.17) is 4.98 Å². The summed E-state index contributed by atoms with van der Waals surface area (Å²) in [4.78, 5) is 4.86. The van der Waals surface area contributed by atoms with Crippen molar-refractivity contribution in [1.82, 2.24) is 10.3 Å². The van der Waals surface area contributed by atoms with Gasteiger partial charge in [0.25, 0.3) is 0 Å². The van der Waals surface area contributed by atoms with Crippen LogP contribution in [0.5, 0.6) is 0 Å². The maximum atomic E-state index is 4.86. The molecule has 106 valence electrons. The van der Waals surface area contributed by atoms with Gasteiger partial charge in [-0.2, -0.15) is 0 Å². The quantitative estimate of drug-likeness (QED) is 0.830. The van der Waals surface area contributed by atoms with Crippen molar-refractivity contribution >= 4 is 11.3 Å². The first-order valence-corrected chi connectivity index (χ1v) is 8.90. The molecule has 0 amide bonds. The van der Waals surface area contributed by atoms with Crippen molar-refractivity contribution in [2.75, 3.05) is 0 Å². The van der Waals surface area contributed by atoms with E-state index >= 15 is 0 Å². The van der Waals surface area contributed by atoms with Crippen molar-refractivity contribution in [3.05, 3.63) is 16.1 Å². The van der Waals surface area contributed by atoms with E-state index in [1.54, 1.807) is 0 Å². The van der Waals surface area contributed by atoms with E-state index < -0.39 is 0 Å². The van der Waals surface area contributed by atoms with Crippen LogP contribution in [0.2, 0.25) is 0 Å². The Bertz CT molecular complexity index is 389. The fraction of sp³-hybridized carbons (Fsp3) is 0.812. The molecule has 0 saturated heterocycles. The second kappa shape index (κ2) is 6.36. The maximum Gasteiger partial charge on any atom is 0.0959 e. The fourth-order valence-electron chi connectivity index (χ4n) is 3.23. The van der Waals surface area contributed by atoms with Crippen molar-refractivity contribution < 1.29 is 0 Å². The van der Waals surface area contributed by atoms with Gasteiger partial charge in [-0.1, -0.05) is 19.8 Å². The minimum Gasteiger partial charge on any atom is -0.308 e. The summed E-state index contributed by atoms with van der Waals surface area (Å²) in [5, 5.41) is 7.23. The molecule has 0 spiro atoms. The van der Waals surface area contributed by atoms with Crippen molar-refractivity contribution in [1.29, 1.82) is 0 Å². The van der Waals surface area contributed by atoms with E-state index in [0.717, 1.165) is 24.4 Å². The summed E-state index contributed by atoms with van der Waals surface area (Å²) >= 11 is 1.89. The molecule has 0 radical (unpaired) electrons. The highest BCUT2D eigenvalue weighted by Crippen LogP contribution is 2.38. The Labute approximate surface area is 121 Å². The summed E-state index contributed by atoms with van der Waals surface area (Å²) in [7, 11) is 0. The molecule has 1 aromatic rings. The van der Waals surface area contributed by atoms with Gasteiger partial charge in [-0.15, -0.1) is 11.3 Å². The molecule has 2 nitrogen and oxygen atoms in total. The summed E-state index contributed by atoms with van der Waals surface area (Å²) in [6.45, 7) is 3.29. The Morgan fingerprint density at radius 2 is 2.00 bits per heavy atom. The Balaban J connectivity index is 1.48. The maximum absolute atomic E-state index is 4.86. The molecule has 0 atom stereocenters. The lowest BCUT2D eigenvalue weighted by atomic mass is 9.80. The van der Waals surface area contributed by atoms with Crippen LogP contribution in [-0.2, 0) is 6.54 Å². The van der Waals surface area contributed by atoms with Gasteiger partial charge < -0.3 is 5.32 Å². The number of aromatic nitrogens is 1. The number of rotatable bonds is 6. The molecule has 2 aliphatic carbocycles. The predicted molar refractivity (Wildman–Crippen MR) is 81.6 cm³/mol. The third-order valence-corrected chi connectivity index (χ3v) is 5.67. The molecule has 2 fully saturated rings. The molecule has 0 bridgehead atoms. The molecule has 1 aromatic heterocycles. The Morgan fingerprint density at radius 1 is 1.21 bits per heavy atom. The average molecular weight is 278 g/mol. The van der Waals surface area contributed by atoms with E-state index in [0.29, 0.717) is 0 Å². The summed E-state index contributed by atoms with van der Waals surface area (Å²) in [5.74, 6) is 1.75. The minimum atomic E-state index is 0.757. The van der Waals surface area contributed by atoms with Crippen LogP contribution in [0, 0.1) is 5.92 Å². The fourth-order valence-corrected chi connectivity index (χ4v) is 4.22. The van der Waals surface area contributed by atoms with Gasteiger partial charge in [-0.25, -0.2) is 4.98 Å². The third-order valence-electron chi connectivity index (χ3n) is 4.61. The highest BCUT2D eigenvalue weighted by atomic mass is 32.1. The third kappa shape index (κ3) is 3.79. The van der Waals surface area contributed by atoms with Gasteiger partial charge in [-0.3, -0.25) is 0 Å². The van der Waals surface area contributed by atoms with Crippen LogP contribution >= 0.6 is 11.3 Å². The van der Waals surface area contributed by atoms with E-state index in [2.05, 4.69) is 17.6 Å². The normalized spacial score (nSPS) is 27.6. The highest BCUT2D eigenvalue weighted by Gasteiger charge is 2.24. The molecule has 3 rings (SSSR count). The number of nitrogens with zero attached hydrogens (tertiary/aromatic N) is 1. The monoisotopic (exact) mass is 278 g/mol. The number of thiazole rings is 1. The first-order chi connectivity index (χ1) is 9.35. The smallest absolute Gasteiger partial charge is 0.0959 e. The Hall–Kier alpha value is -0.410. The van der Waals surface area contributed by atoms with Crippen LogP contribution in [-0.4, -0.2) is 11.0 Å². The molecule has 19 heavy (non-hydrogen) atoms. The zero-order chi connectivity index (χ0) is 13.1. The SMILES string of the molecule is CCCC1CCC(c2nc(CNC3CC3)cs2)CC1. The summed E-state index contributed by atoms with van der Waals surface area (Å²) in [6, 6.07) is 0.787. The van der Waals surface area contributed by atoms with E-state index in [9.17, 15) is 0 Å². The average Bonchev–Trinajstić information content (AvgIpc) is 3.15. The summed E-state index contributed by atoms with van der Waals surface area (Å²) in [6.07, 6.45) is 11.1. The second-order valence-electron chi connectivity index (χ2n) is 6.34. The Kier molecular flexibility index (Phi) is 4.54. The minimum absolute atomic E-state index is 0.757. The standard InChI is InChI=1S/C16H26N2S/c1-2-3-12-4-6-13(7-5-12)16-18-15(11-19-16)10-17-14-8-9-14/h11-14,17H,2-10H2,1H3. The summed E-state index contributed by atoms with van der Waals surface area (Å²) < 4.78 is 0. The molecule has 0 aliphatic heterocycles. The van der Waals surface area contributed by atoms with Crippen molar-refractivity contribution in [2.45, 2.75) is 76.8 Å². The molecular formula is C16H26N2S. The van der Waals surface area contributed by atoms with Crippen LogP contribution in [0.1, 0.15) is 74.9 Å². The Morgan fingerprint density at radius 3 is 2.68 bits per heavy atom. The van der Waals surface area contributed by atoms with Gasteiger partial charge in [0, 0.05) is 23.9 Å². The van der Waals surface area contributed by atoms with E-state index in [-0.39, 0.29) is 0 Å². The lowest BCUT2D eigenvalue weighted by Crippen LogP contribution is -2.16. The largest absolute Gasteiger partial charge is 0.308 e. The van der Waals surface area contributed by atoms with Crippen molar-refractivity contribution in [2.24, 2.45) is 5.92 Å². The molecular weight excluding hydrogens is 252 g/mol. The molecule has 0 aromatic carbocycles. The predicted octanol–water partition coefficient (Wildman–Crippen LogP) is 4.47. The van der Waals surface area contributed by atoms with Crippen LogP contribution in [0.25, 0.3) is 0 Å². The van der Waals surface area contributed by atoms with Crippen LogP contribution in [0.3, 0.4) is 0 Å². The number of hydrogen-bond acceptors (Lipinski definition) is 3. The van der Waals surface area contributed by atoms with Gasteiger partial charge in [0.05, 0.1) is 10.7 Å². The first kappa shape index (κ1) is 13.6. The second-order valence-corrected chi connectivity index (χ2v) is 7.23. The highest BCUT2D eigenvalue weighted by molar-refractivity contribution is 7.09. The van der Waals surface area contributed by atoms with Gasteiger partial charge in [0.2, 0.25) is 0 Å². The van der Waals surface area contributed by atoms with Gasteiger partial charge in [0.1, 0.15) is 0 Å². The lowest BCUT2D eigenvalue weighted by molar-refractivity contribution is 0.308. The molecule has 2 aliphatic rings. The zero-order valence-corrected chi connectivity index (χ0v) is 12.8. The molecule has 2 saturated carbocycles. The lowest BCUT2D eigenvalue weighted by Gasteiger charge is -2.26. The van der Waals surface area contributed by atoms with Crippen molar-refractivity contribution in [3.8, 4) is 0 Å². The van der Waals surface area contributed by atoms with Crippen LogP contribution in [0.15, 0.2) is 5.38 Å². The van der Waals surface area contributed by atoms with E-state index in [1.807, 2.05) is 11.3 Å². The topological polar surface area (TPSA) is 24.9 Å². The molecule has 0 unspecified atom stereocenters. The van der Waals surface area contributed by atoms with Gasteiger partial charge >= 0.3 is 0 Å². The summed E-state index contributed by atoms with van der Waals surface area (Å²) in [5.41, 5.74) is 1.27. The number of hydrogen-bond donors (Lipinski definition) is 1.